The predicted molar refractivity (Wildman–Crippen MR) is 77.1 cm³/mol. The first kappa shape index (κ1) is 16.2. The second kappa shape index (κ2) is 5.88. The normalized spacial score (nSPS) is 18.3. The second-order valence-electron chi connectivity index (χ2n) is 5.76. The molecule has 21 heavy (non-hydrogen) atoms. The molecule has 0 unspecified atom stereocenters. The van der Waals surface area contributed by atoms with Crippen molar-refractivity contribution in [1.29, 1.82) is 0 Å². The minimum absolute atomic E-state index is 0.349. The fraction of sp³-hybridized carbons (Fsp3) is 0.571. The summed E-state index contributed by atoms with van der Waals surface area (Å²) in [7, 11) is -3.97. The Bertz CT molecular complexity index is 624. The van der Waals surface area contributed by atoms with E-state index >= 15 is 0 Å². The molecule has 1 aliphatic heterocycles. The first-order valence-electron chi connectivity index (χ1n) is 6.98. The van der Waals surface area contributed by atoms with Crippen LogP contribution in [0.4, 0.5) is 14.5 Å². The molecule has 0 aromatic heterocycles. The van der Waals surface area contributed by atoms with Gasteiger partial charge in [0.25, 0.3) is 0 Å². The Morgan fingerprint density at radius 2 is 1.81 bits per heavy atom. The molecular weight excluding hydrogens is 298 g/mol. The molecule has 0 radical (unpaired) electrons. The van der Waals surface area contributed by atoms with Crippen LogP contribution in [-0.2, 0) is 10.0 Å². The summed E-state index contributed by atoms with van der Waals surface area (Å²) in [4.78, 5) is -0.551. The number of anilines is 1. The molecule has 1 aliphatic rings. The third kappa shape index (κ3) is 3.03. The zero-order valence-electron chi connectivity index (χ0n) is 12.1. The molecule has 4 nitrogen and oxygen atoms in total. The molecule has 1 saturated heterocycles. The van der Waals surface area contributed by atoms with Crippen LogP contribution < -0.4 is 5.73 Å². The van der Waals surface area contributed by atoms with Crippen molar-refractivity contribution in [3.63, 3.8) is 0 Å². The Balaban J connectivity index is 2.26. The summed E-state index contributed by atoms with van der Waals surface area (Å²) in [6.45, 7) is 4.91. The summed E-state index contributed by atoms with van der Waals surface area (Å²) in [6, 6.07) is 1.82. The van der Waals surface area contributed by atoms with Gasteiger partial charge in [0, 0.05) is 13.1 Å². The van der Waals surface area contributed by atoms with E-state index in [1.807, 2.05) is 0 Å². The van der Waals surface area contributed by atoms with Gasteiger partial charge in [0.05, 0.1) is 0 Å². The summed E-state index contributed by atoms with van der Waals surface area (Å²) in [5.74, 6) is -1.20. The first-order valence-corrected chi connectivity index (χ1v) is 8.42. The van der Waals surface area contributed by atoms with Crippen LogP contribution >= 0.6 is 0 Å². The molecule has 1 aromatic carbocycles. The van der Waals surface area contributed by atoms with E-state index in [1.165, 1.54) is 4.31 Å². The van der Waals surface area contributed by atoms with Crippen LogP contribution in [0, 0.1) is 23.5 Å². The first-order chi connectivity index (χ1) is 9.75. The zero-order valence-corrected chi connectivity index (χ0v) is 13.0. The fourth-order valence-corrected chi connectivity index (χ4v) is 4.22. The number of nitrogen functional groups attached to an aromatic ring is 1. The molecule has 1 heterocycles. The average Bonchev–Trinajstić information content (AvgIpc) is 2.44. The van der Waals surface area contributed by atoms with Gasteiger partial charge in [-0.05, 0) is 36.8 Å². The Labute approximate surface area is 124 Å². The lowest BCUT2D eigenvalue weighted by Gasteiger charge is -2.33. The van der Waals surface area contributed by atoms with Gasteiger partial charge in [-0.2, -0.15) is 4.31 Å². The highest BCUT2D eigenvalue weighted by atomic mass is 32.2. The lowest BCUT2D eigenvalue weighted by atomic mass is 9.87. The van der Waals surface area contributed by atoms with E-state index in [9.17, 15) is 17.2 Å². The molecule has 2 N–H and O–H groups in total. The lowest BCUT2D eigenvalue weighted by molar-refractivity contribution is 0.226. The SMILES string of the molecule is CC(C)C1CCN(S(=O)(=O)c2ccc(F)c(N)c2F)CC1. The zero-order chi connectivity index (χ0) is 15.8. The van der Waals surface area contributed by atoms with Gasteiger partial charge in [-0.3, -0.25) is 0 Å². The second-order valence-corrected chi connectivity index (χ2v) is 7.67. The quantitative estimate of drug-likeness (QED) is 0.871. The largest absolute Gasteiger partial charge is 0.394 e. The topological polar surface area (TPSA) is 63.4 Å². The number of piperidine rings is 1. The summed E-state index contributed by atoms with van der Waals surface area (Å²) in [6.07, 6.45) is 1.49. The van der Waals surface area contributed by atoms with Crippen LogP contribution in [0.2, 0.25) is 0 Å². The average molecular weight is 318 g/mol. The Morgan fingerprint density at radius 1 is 1.24 bits per heavy atom. The van der Waals surface area contributed by atoms with Crippen molar-refractivity contribution in [3.8, 4) is 0 Å². The summed E-state index contributed by atoms with van der Waals surface area (Å²) in [5.41, 5.74) is 4.48. The Morgan fingerprint density at radius 3 is 2.33 bits per heavy atom. The maximum atomic E-state index is 13.9. The lowest BCUT2D eigenvalue weighted by Crippen LogP contribution is -2.39. The summed E-state index contributed by atoms with van der Waals surface area (Å²) < 4.78 is 53.3. The van der Waals surface area contributed by atoms with Crippen molar-refractivity contribution in [3.05, 3.63) is 23.8 Å². The van der Waals surface area contributed by atoms with Crippen molar-refractivity contribution in [2.45, 2.75) is 31.6 Å². The van der Waals surface area contributed by atoms with E-state index in [4.69, 9.17) is 5.73 Å². The summed E-state index contributed by atoms with van der Waals surface area (Å²) in [5, 5.41) is 0. The van der Waals surface area contributed by atoms with Gasteiger partial charge in [-0.1, -0.05) is 13.8 Å². The van der Waals surface area contributed by atoms with Crippen molar-refractivity contribution < 1.29 is 17.2 Å². The minimum Gasteiger partial charge on any atom is -0.394 e. The maximum Gasteiger partial charge on any atom is 0.246 e. The van der Waals surface area contributed by atoms with Crippen LogP contribution in [0.3, 0.4) is 0 Å². The number of sulfonamides is 1. The number of nitrogens with zero attached hydrogens (tertiary/aromatic N) is 1. The molecule has 1 aromatic rings. The molecule has 7 heteroatoms. The van der Waals surface area contributed by atoms with Crippen molar-refractivity contribution in [1.82, 2.24) is 4.31 Å². The van der Waals surface area contributed by atoms with E-state index in [2.05, 4.69) is 13.8 Å². The fourth-order valence-electron chi connectivity index (χ4n) is 2.67. The molecule has 118 valence electrons. The number of nitrogens with two attached hydrogens (primary N) is 1. The van der Waals surface area contributed by atoms with E-state index in [1.54, 1.807) is 0 Å². The van der Waals surface area contributed by atoms with E-state index in [0.29, 0.717) is 24.9 Å². The minimum atomic E-state index is -3.97. The molecule has 0 atom stereocenters. The van der Waals surface area contributed by atoms with Gasteiger partial charge in [0.1, 0.15) is 16.4 Å². The highest BCUT2D eigenvalue weighted by molar-refractivity contribution is 7.89. The van der Waals surface area contributed by atoms with Crippen molar-refractivity contribution in [2.75, 3.05) is 18.8 Å². The number of hydrogen-bond donors (Lipinski definition) is 1. The highest BCUT2D eigenvalue weighted by Gasteiger charge is 2.33. The van der Waals surface area contributed by atoms with Crippen molar-refractivity contribution in [2.24, 2.45) is 11.8 Å². The maximum absolute atomic E-state index is 13.9. The highest BCUT2D eigenvalue weighted by Crippen LogP contribution is 2.30. The number of hydrogen-bond acceptors (Lipinski definition) is 3. The monoisotopic (exact) mass is 318 g/mol. The van der Waals surface area contributed by atoms with E-state index < -0.39 is 32.2 Å². The van der Waals surface area contributed by atoms with Crippen LogP contribution in [0.5, 0.6) is 0 Å². The van der Waals surface area contributed by atoms with E-state index in [-0.39, 0.29) is 0 Å². The molecule has 0 amide bonds. The predicted octanol–water partition coefficient (Wildman–Crippen LogP) is 2.60. The van der Waals surface area contributed by atoms with Gasteiger partial charge in [0.15, 0.2) is 5.82 Å². The molecule has 0 aliphatic carbocycles. The van der Waals surface area contributed by atoms with Crippen LogP contribution in [-0.4, -0.2) is 25.8 Å². The molecule has 0 bridgehead atoms. The molecular formula is C14H20F2N2O2S. The standard InChI is InChI=1S/C14H20F2N2O2S/c1-9(2)10-5-7-18(8-6-10)21(19,20)12-4-3-11(15)14(17)13(12)16/h3-4,9-10H,5-8,17H2,1-2H3. The van der Waals surface area contributed by atoms with E-state index in [0.717, 1.165) is 25.0 Å². The van der Waals surface area contributed by atoms with Crippen LogP contribution in [0.25, 0.3) is 0 Å². The van der Waals surface area contributed by atoms with Crippen molar-refractivity contribution >= 4 is 15.7 Å². The van der Waals surface area contributed by atoms with Gasteiger partial charge < -0.3 is 5.73 Å². The molecule has 2 rings (SSSR count). The van der Waals surface area contributed by atoms with Gasteiger partial charge in [-0.25, -0.2) is 17.2 Å². The van der Waals surface area contributed by atoms with Gasteiger partial charge in [0.2, 0.25) is 10.0 Å². The van der Waals surface area contributed by atoms with Gasteiger partial charge in [-0.15, -0.1) is 0 Å². The Hall–Kier alpha value is -1.21. The number of rotatable bonds is 3. The number of benzene rings is 1. The van der Waals surface area contributed by atoms with Gasteiger partial charge >= 0.3 is 0 Å². The molecule has 0 saturated carbocycles. The van der Waals surface area contributed by atoms with Crippen LogP contribution in [0.15, 0.2) is 17.0 Å². The third-order valence-electron chi connectivity index (χ3n) is 4.15. The molecule has 0 spiro atoms. The smallest absolute Gasteiger partial charge is 0.246 e. The molecule has 1 fully saturated rings. The third-order valence-corrected chi connectivity index (χ3v) is 6.07. The summed E-state index contributed by atoms with van der Waals surface area (Å²) >= 11 is 0. The number of halogens is 2. The Kier molecular flexibility index (Phi) is 4.53. The van der Waals surface area contributed by atoms with Crippen LogP contribution in [0.1, 0.15) is 26.7 Å².